The Labute approximate surface area is 123 Å². The molecule has 118 valence electrons. The first kappa shape index (κ1) is 17.4. The van der Waals surface area contributed by atoms with Gasteiger partial charge in [0.15, 0.2) is 0 Å². The van der Waals surface area contributed by atoms with Gasteiger partial charge in [0.2, 0.25) is 5.91 Å². The molecule has 1 aliphatic rings. The predicted molar refractivity (Wildman–Crippen MR) is 83.6 cm³/mol. The summed E-state index contributed by atoms with van der Waals surface area (Å²) in [5.41, 5.74) is 5.29. The van der Waals surface area contributed by atoms with Crippen LogP contribution in [0, 0.1) is 5.92 Å². The van der Waals surface area contributed by atoms with Gasteiger partial charge in [-0.05, 0) is 26.3 Å². The number of amides is 1. The van der Waals surface area contributed by atoms with E-state index >= 15 is 0 Å². The fourth-order valence-electron chi connectivity index (χ4n) is 2.64. The highest BCUT2D eigenvalue weighted by atomic mass is 16.2. The van der Waals surface area contributed by atoms with Gasteiger partial charge < -0.3 is 20.9 Å². The monoisotopic (exact) mass is 284 g/mol. The average Bonchev–Trinajstić information content (AvgIpc) is 2.38. The second-order valence-electron chi connectivity index (χ2n) is 6.59. The maximum absolute atomic E-state index is 12.0. The predicted octanol–water partition coefficient (Wildman–Crippen LogP) is 0.504. The molecule has 5 nitrogen and oxygen atoms in total. The van der Waals surface area contributed by atoms with Gasteiger partial charge in [0, 0.05) is 39.3 Å². The fourth-order valence-corrected chi connectivity index (χ4v) is 2.64. The molecule has 1 rings (SSSR count). The van der Waals surface area contributed by atoms with Crippen LogP contribution in [0.1, 0.15) is 33.6 Å². The molecule has 0 bridgehead atoms. The van der Waals surface area contributed by atoms with Crippen molar-refractivity contribution >= 4 is 5.91 Å². The summed E-state index contributed by atoms with van der Waals surface area (Å²) < 4.78 is 0. The lowest BCUT2D eigenvalue weighted by Gasteiger charge is -2.34. The van der Waals surface area contributed by atoms with E-state index in [0.29, 0.717) is 12.5 Å². The normalized spacial score (nSPS) is 22.2. The second-order valence-corrected chi connectivity index (χ2v) is 6.59. The number of carbonyl (C=O) groups excluding carboxylic acids is 1. The van der Waals surface area contributed by atoms with E-state index in [1.165, 1.54) is 0 Å². The smallest absolute Gasteiger partial charge is 0.239 e. The third-order valence-corrected chi connectivity index (χ3v) is 4.06. The minimum Gasteiger partial charge on any atom is -0.354 e. The van der Waals surface area contributed by atoms with Crippen LogP contribution in [0.3, 0.4) is 0 Å². The molecule has 1 aliphatic heterocycles. The summed E-state index contributed by atoms with van der Waals surface area (Å²) in [6, 6.07) is 0. The molecule has 0 aromatic rings. The Balaban J connectivity index is 2.25. The SMILES string of the molecule is CCCC(C)(N)C(=O)NCC(C)CN1CCN(C)CC1. The lowest BCUT2D eigenvalue weighted by atomic mass is 9.96. The molecule has 20 heavy (non-hydrogen) atoms. The van der Waals surface area contributed by atoms with Crippen LogP contribution in [0.5, 0.6) is 0 Å². The van der Waals surface area contributed by atoms with Gasteiger partial charge in [-0.3, -0.25) is 4.79 Å². The molecule has 0 spiro atoms. The Morgan fingerprint density at radius 1 is 1.35 bits per heavy atom. The molecule has 1 heterocycles. The number of hydrogen-bond donors (Lipinski definition) is 2. The zero-order valence-corrected chi connectivity index (χ0v) is 13.6. The summed E-state index contributed by atoms with van der Waals surface area (Å²) in [6.45, 7) is 12.3. The largest absolute Gasteiger partial charge is 0.354 e. The molecule has 1 saturated heterocycles. The maximum atomic E-state index is 12.0. The highest BCUT2D eigenvalue weighted by Gasteiger charge is 2.27. The summed E-state index contributed by atoms with van der Waals surface area (Å²) in [7, 11) is 2.16. The van der Waals surface area contributed by atoms with Crippen molar-refractivity contribution in [2.45, 2.75) is 39.2 Å². The highest BCUT2D eigenvalue weighted by molar-refractivity contribution is 5.85. The molecule has 3 N–H and O–H groups in total. The van der Waals surface area contributed by atoms with E-state index in [1.807, 2.05) is 13.8 Å². The van der Waals surface area contributed by atoms with E-state index in [1.54, 1.807) is 0 Å². The Hall–Kier alpha value is -0.650. The molecular formula is C15H32N4O. The van der Waals surface area contributed by atoms with E-state index in [9.17, 15) is 4.79 Å². The van der Waals surface area contributed by atoms with Crippen LogP contribution in [0.2, 0.25) is 0 Å². The topological polar surface area (TPSA) is 61.6 Å². The van der Waals surface area contributed by atoms with Gasteiger partial charge in [-0.1, -0.05) is 20.3 Å². The number of carbonyl (C=O) groups is 1. The summed E-state index contributed by atoms with van der Waals surface area (Å²) in [6.07, 6.45) is 1.66. The van der Waals surface area contributed by atoms with Gasteiger partial charge in [-0.25, -0.2) is 0 Å². The fraction of sp³-hybridized carbons (Fsp3) is 0.933. The van der Waals surface area contributed by atoms with Crippen molar-refractivity contribution in [2.24, 2.45) is 11.7 Å². The Morgan fingerprint density at radius 3 is 2.50 bits per heavy atom. The Morgan fingerprint density at radius 2 is 1.95 bits per heavy atom. The average molecular weight is 284 g/mol. The minimum atomic E-state index is -0.734. The minimum absolute atomic E-state index is 0.0235. The van der Waals surface area contributed by atoms with Gasteiger partial charge in [-0.2, -0.15) is 0 Å². The molecule has 0 aromatic carbocycles. The zero-order chi connectivity index (χ0) is 15.2. The number of rotatable bonds is 7. The molecule has 0 aliphatic carbocycles. The number of nitrogens with zero attached hydrogens (tertiary/aromatic N) is 2. The molecule has 0 aromatic heterocycles. The zero-order valence-electron chi connectivity index (χ0n) is 13.6. The molecule has 1 amide bonds. The second kappa shape index (κ2) is 7.96. The standard InChI is InChI=1S/C15H32N4O/c1-5-6-15(3,16)14(20)17-11-13(2)12-19-9-7-18(4)8-10-19/h13H,5-12,16H2,1-4H3,(H,17,20). The molecule has 2 unspecified atom stereocenters. The molecule has 1 fully saturated rings. The van der Waals surface area contributed by atoms with Gasteiger partial charge in [0.1, 0.15) is 0 Å². The maximum Gasteiger partial charge on any atom is 0.239 e. The lowest BCUT2D eigenvalue weighted by Crippen LogP contribution is -2.53. The van der Waals surface area contributed by atoms with Gasteiger partial charge in [-0.15, -0.1) is 0 Å². The summed E-state index contributed by atoms with van der Waals surface area (Å²) in [4.78, 5) is 16.9. The number of likely N-dealkylation sites (N-methyl/N-ethyl adjacent to an activating group) is 1. The third kappa shape index (κ3) is 5.77. The number of nitrogens with one attached hydrogen (secondary N) is 1. The number of nitrogens with two attached hydrogens (primary N) is 1. The van der Waals surface area contributed by atoms with Crippen molar-refractivity contribution in [2.75, 3.05) is 46.3 Å². The van der Waals surface area contributed by atoms with E-state index in [0.717, 1.165) is 45.6 Å². The lowest BCUT2D eigenvalue weighted by molar-refractivity contribution is -0.126. The van der Waals surface area contributed by atoms with Crippen molar-refractivity contribution in [1.82, 2.24) is 15.1 Å². The first-order valence-corrected chi connectivity index (χ1v) is 7.83. The van der Waals surface area contributed by atoms with E-state index in [2.05, 4.69) is 29.1 Å². The number of piperazine rings is 1. The van der Waals surface area contributed by atoms with Crippen molar-refractivity contribution in [3.63, 3.8) is 0 Å². The van der Waals surface area contributed by atoms with E-state index in [4.69, 9.17) is 5.73 Å². The summed E-state index contributed by atoms with van der Waals surface area (Å²) >= 11 is 0. The van der Waals surface area contributed by atoms with Crippen LogP contribution in [0.25, 0.3) is 0 Å². The molecule has 0 saturated carbocycles. The summed E-state index contributed by atoms with van der Waals surface area (Å²) in [5.74, 6) is 0.435. The molecule has 0 radical (unpaired) electrons. The third-order valence-electron chi connectivity index (χ3n) is 4.06. The van der Waals surface area contributed by atoms with Crippen LogP contribution in [0.4, 0.5) is 0 Å². The van der Waals surface area contributed by atoms with Crippen LogP contribution in [-0.2, 0) is 4.79 Å². The first-order chi connectivity index (χ1) is 9.35. The summed E-state index contributed by atoms with van der Waals surface area (Å²) in [5, 5.41) is 3.00. The number of hydrogen-bond acceptors (Lipinski definition) is 4. The van der Waals surface area contributed by atoms with Crippen molar-refractivity contribution in [3.05, 3.63) is 0 Å². The van der Waals surface area contributed by atoms with Crippen LogP contribution >= 0.6 is 0 Å². The first-order valence-electron chi connectivity index (χ1n) is 7.83. The van der Waals surface area contributed by atoms with Crippen LogP contribution in [0.15, 0.2) is 0 Å². The van der Waals surface area contributed by atoms with Gasteiger partial charge in [0.25, 0.3) is 0 Å². The van der Waals surface area contributed by atoms with Crippen molar-refractivity contribution in [1.29, 1.82) is 0 Å². The Kier molecular flexibility index (Phi) is 6.92. The van der Waals surface area contributed by atoms with Gasteiger partial charge >= 0.3 is 0 Å². The molecule has 2 atom stereocenters. The molecule has 5 heteroatoms. The van der Waals surface area contributed by atoms with Crippen molar-refractivity contribution in [3.8, 4) is 0 Å². The quantitative estimate of drug-likeness (QED) is 0.715. The van der Waals surface area contributed by atoms with E-state index < -0.39 is 5.54 Å². The Bertz CT molecular complexity index is 298. The van der Waals surface area contributed by atoms with Crippen LogP contribution < -0.4 is 11.1 Å². The van der Waals surface area contributed by atoms with E-state index in [-0.39, 0.29) is 5.91 Å². The van der Waals surface area contributed by atoms with Crippen molar-refractivity contribution < 1.29 is 4.79 Å². The highest BCUT2D eigenvalue weighted by Crippen LogP contribution is 2.09. The molecular weight excluding hydrogens is 252 g/mol. The van der Waals surface area contributed by atoms with Gasteiger partial charge in [0.05, 0.1) is 5.54 Å². The van der Waals surface area contributed by atoms with Crippen LogP contribution in [-0.4, -0.2) is 67.6 Å².